The summed E-state index contributed by atoms with van der Waals surface area (Å²) in [6.07, 6.45) is 0. The fourth-order valence-electron chi connectivity index (χ4n) is 0. The predicted molar refractivity (Wildman–Crippen MR) is 12.9 cm³/mol. The van der Waals surface area contributed by atoms with Crippen molar-refractivity contribution in [3.8, 4) is 0 Å². The van der Waals surface area contributed by atoms with Crippen LogP contribution in [0.5, 0.6) is 0 Å². The number of rotatable bonds is 0. The molecular formula is MgO6PbTi2. The number of hydrogen-bond donors (Lipinski definition) is 0. The maximum absolute atomic E-state index is 8.58. The van der Waals surface area contributed by atoms with Gasteiger partial charge in [-0.25, -0.2) is 0 Å². The molecule has 0 saturated carbocycles. The van der Waals surface area contributed by atoms with Crippen molar-refractivity contribution < 1.29 is 58.6 Å². The minimum absolute atomic E-state index is 0. The Labute approximate surface area is 107 Å². The molecule has 0 aromatic carbocycles. The van der Waals surface area contributed by atoms with Gasteiger partial charge in [-0.2, -0.15) is 0 Å². The summed E-state index contributed by atoms with van der Waals surface area (Å²) in [4.78, 5) is 0. The van der Waals surface area contributed by atoms with Crippen molar-refractivity contribution in [1.82, 2.24) is 0 Å². The minimum atomic E-state index is -4.08. The molecule has 2 radical (unpaired) electrons. The quantitative estimate of drug-likeness (QED) is 0.358. The maximum atomic E-state index is 8.58. The second kappa shape index (κ2) is 17.6. The standard InChI is InChI=1S/Mg.6O.Pb.2Ti/q+2;;;4*-1;+2;;. The molecule has 0 spiro atoms. The summed E-state index contributed by atoms with van der Waals surface area (Å²) in [7, 11) is 0. The number of hydrogen-bond acceptors (Lipinski definition) is 6. The van der Waals surface area contributed by atoms with E-state index in [-0.39, 0.29) is 50.4 Å². The summed E-state index contributed by atoms with van der Waals surface area (Å²) >= 11 is -8.17. The van der Waals surface area contributed by atoms with Crippen LogP contribution in [0.15, 0.2) is 0 Å². The molecule has 0 heterocycles. The van der Waals surface area contributed by atoms with Crippen molar-refractivity contribution >= 4 is 50.4 Å². The molecule has 0 aliphatic rings. The molecule has 0 unspecified atom stereocenters. The first-order valence-electron chi connectivity index (χ1n) is 1.22. The van der Waals surface area contributed by atoms with Crippen LogP contribution in [0.25, 0.3) is 0 Å². The summed E-state index contributed by atoms with van der Waals surface area (Å²) in [5, 5.41) is 0. The fraction of sp³-hybridized carbons (Fsp3) is 0. The molecule has 6 nitrogen and oxygen atoms in total. The summed E-state index contributed by atoms with van der Waals surface area (Å²) in [6.45, 7) is 0. The van der Waals surface area contributed by atoms with Gasteiger partial charge in [0.2, 0.25) is 0 Å². The minimum Gasteiger partial charge on any atom is 2.00 e. The monoisotopic (exact) mass is 424 g/mol. The first-order valence-corrected chi connectivity index (χ1v) is 5.05. The van der Waals surface area contributed by atoms with Gasteiger partial charge in [-0.05, 0) is 0 Å². The van der Waals surface area contributed by atoms with Crippen LogP contribution in [-0.4, -0.2) is 50.4 Å². The Kier molecular flexibility index (Phi) is 40.3. The Hall–Kier alpha value is 2.56. The molecule has 0 amide bonds. The molecule has 0 aromatic rings. The van der Waals surface area contributed by atoms with Crippen molar-refractivity contribution in [2.45, 2.75) is 0 Å². The Morgan fingerprint density at radius 3 is 0.800 bits per heavy atom. The van der Waals surface area contributed by atoms with E-state index < -0.39 is 37.2 Å². The Morgan fingerprint density at radius 2 is 0.800 bits per heavy atom. The van der Waals surface area contributed by atoms with Crippen LogP contribution in [-0.2, 0) is 43.9 Å². The van der Waals surface area contributed by atoms with Gasteiger partial charge < -0.3 is 0 Å². The molecule has 10 heteroatoms. The van der Waals surface area contributed by atoms with Gasteiger partial charge in [0.05, 0.1) is 0 Å². The largest absolute Gasteiger partial charge is 2.00 e. The van der Waals surface area contributed by atoms with Crippen molar-refractivity contribution in [3.63, 3.8) is 0 Å². The van der Waals surface area contributed by atoms with E-state index in [1.807, 2.05) is 0 Å². The van der Waals surface area contributed by atoms with Gasteiger partial charge >= 0.3 is 109 Å². The summed E-state index contributed by atoms with van der Waals surface area (Å²) in [5.41, 5.74) is 0. The topological polar surface area (TPSA) is 126 Å². The van der Waals surface area contributed by atoms with Gasteiger partial charge in [0.15, 0.2) is 0 Å². The molecule has 0 atom stereocenters. The van der Waals surface area contributed by atoms with Crippen LogP contribution < -0.4 is 14.8 Å². The molecule has 0 aliphatic carbocycles. The van der Waals surface area contributed by atoms with Crippen LogP contribution in [0.3, 0.4) is 0 Å². The van der Waals surface area contributed by atoms with Crippen LogP contribution in [0, 0.1) is 0 Å². The molecule has 0 aromatic heterocycles. The SMILES string of the molecule is [Mg+2].[O]=[Ti]([O-])[O-].[O]=[Ti]([O-])[O-].[Pb+2]. The predicted octanol–water partition coefficient (Wildman–Crippen LogP) is -5.76. The molecule has 0 saturated heterocycles. The van der Waals surface area contributed by atoms with Crippen molar-refractivity contribution in [1.29, 1.82) is 0 Å². The van der Waals surface area contributed by atoms with Gasteiger partial charge in [0, 0.05) is 0 Å². The molecule has 10 heavy (non-hydrogen) atoms. The van der Waals surface area contributed by atoms with E-state index >= 15 is 0 Å². The maximum Gasteiger partial charge on any atom is 2.00 e. The zero-order valence-electron chi connectivity index (χ0n) is 4.66. The third kappa shape index (κ3) is 147. The second-order valence-electron chi connectivity index (χ2n) is 0.500. The molecular weight excluding hydrogens is 423 g/mol. The first kappa shape index (κ1) is 22.9. The normalized spacial score (nSPS) is 5.20. The second-order valence-corrected chi connectivity index (χ2v) is 2.06. The molecule has 0 aliphatic heterocycles. The Balaban J connectivity index is -0.0000000300. The van der Waals surface area contributed by atoms with Crippen LogP contribution >= 0.6 is 0 Å². The van der Waals surface area contributed by atoms with Gasteiger partial charge in [-0.3, -0.25) is 0 Å². The van der Waals surface area contributed by atoms with Crippen molar-refractivity contribution in [3.05, 3.63) is 0 Å². The molecule has 0 rings (SSSR count). The fourth-order valence-corrected chi connectivity index (χ4v) is 0. The zero-order valence-corrected chi connectivity index (χ0v) is 13.1. The third-order valence-corrected chi connectivity index (χ3v) is 0. The molecule has 50 valence electrons. The zero-order chi connectivity index (χ0) is 7.15. The van der Waals surface area contributed by atoms with Gasteiger partial charge in [0.25, 0.3) is 0 Å². The average Bonchev–Trinajstić information content (AvgIpc) is 1.25. The van der Waals surface area contributed by atoms with Crippen molar-refractivity contribution in [2.75, 3.05) is 0 Å². The Bertz CT molecular complexity index is 73.7. The molecule has 0 N–H and O–H groups in total. The van der Waals surface area contributed by atoms with E-state index in [1.54, 1.807) is 0 Å². The summed E-state index contributed by atoms with van der Waals surface area (Å²) in [5.74, 6) is 0. The smallest absolute Gasteiger partial charge is 2.00 e. The molecule has 0 bridgehead atoms. The van der Waals surface area contributed by atoms with E-state index in [0.717, 1.165) is 0 Å². The van der Waals surface area contributed by atoms with Gasteiger partial charge in [-0.1, -0.05) is 0 Å². The van der Waals surface area contributed by atoms with Crippen LogP contribution in [0.1, 0.15) is 0 Å². The van der Waals surface area contributed by atoms with Crippen LogP contribution in [0.4, 0.5) is 0 Å². The van der Waals surface area contributed by atoms with E-state index in [0.29, 0.717) is 0 Å². The van der Waals surface area contributed by atoms with Gasteiger partial charge in [0.1, 0.15) is 0 Å². The van der Waals surface area contributed by atoms with Crippen LogP contribution in [0.2, 0.25) is 0 Å². The summed E-state index contributed by atoms with van der Waals surface area (Å²) in [6, 6.07) is 0. The third-order valence-electron chi connectivity index (χ3n) is 0. The van der Waals surface area contributed by atoms with E-state index in [9.17, 15) is 0 Å². The van der Waals surface area contributed by atoms with E-state index in [1.165, 1.54) is 0 Å². The van der Waals surface area contributed by atoms with E-state index in [2.05, 4.69) is 0 Å². The Morgan fingerprint density at radius 1 is 0.800 bits per heavy atom. The first-order chi connectivity index (χ1) is 3.46. The summed E-state index contributed by atoms with van der Waals surface area (Å²) < 4.78 is 51.5. The van der Waals surface area contributed by atoms with Crippen molar-refractivity contribution in [2.24, 2.45) is 0 Å². The average molecular weight is 423 g/mol. The van der Waals surface area contributed by atoms with E-state index in [4.69, 9.17) is 21.4 Å². The molecule has 0 fully saturated rings. The van der Waals surface area contributed by atoms with Gasteiger partial charge in [-0.15, -0.1) is 0 Å².